The van der Waals surface area contributed by atoms with Gasteiger partial charge >= 0.3 is 0 Å². The summed E-state index contributed by atoms with van der Waals surface area (Å²) in [5.74, 6) is 1.99. The van der Waals surface area contributed by atoms with E-state index in [2.05, 4.69) is 0 Å². The van der Waals surface area contributed by atoms with Crippen molar-refractivity contribution in [2.24, 2.45) is 11.8 Å². The van der Waals surface area contributed by atoms with Crippen molar-refractivity contribution in [3.63, 3.8) is 0 Å². The molecule has 0 spiro atoms. The molecule has 1 saturated carbocycles. The molecule has 1 aromatic rings. The summed E-state index contributed by atoms with van der Waals surface area (Å²) in [7, 11) is 0. The molecule has 2 saturated heterocycles. The van der Waals surface area contributed by atoms with Crippen molar-refractivity contribution in [2.75, 3.05) is 26.2 Å². The standard InChI is InChI=1S/C23H32N2O3/c26-22(15-18-9-10-18)25-14-11-21(28-20-7-3-1-4-8-20)19(17-25)16-23(27)24-12-5-2-6-13-24/h1,3-4,7-8,18-19,21H,2,5-6,9-17H2/t19-,21-/m0/s1. The summed E-state index contributed by atoms with van der Waals surface area (Å²) in [5, 5.41) is 0. The first-order valence-corrected chi connectivity index (χ1v) is 11.0. The first kappa shape index (κ1) is 19.3. The van der Waals surface area contributed by atoms with Crippen LogP contribution in [-0.4, -0.2) is 53.9 Å². The van der Waals surface area contributed by atoms with Crippen molar-refractivity contribution >= 4 is 11.8 Å². The number of benzene rings is 1. The van der Waals surface area contributed by atoms with Gasteiger partial charge in [-0.05, 0) is 50.2 Å². The predicted octanol–water partition coefficient (Wildman–Crippen LogP) is 3.49. The number of piperidine rings is 2. The highest BCUT2D eigenvalue weighted by Crippen LogP contribution is 2.34. The van der Waals surface area contributed by atoms with Gasteiger partial charge in [0.15, 0.2) is 0 Å². The van der Waals surface area contributed by atoms with Gasteiger partial charge in [-0.2, -0.15) is 0 Å². The molecule has 0 bridgehead atoms. The Labute approximate surface area is 168 Å². The minimum atomic E-state index is -0.0129. The average molecular weight is 385 g/mol. The van der Waals surface area contributed by atoms with Crippen LogP contribution in [-0.2, 0) is 9.59 Å². The minimum absolute atomic E-state index is 0.0129. The topological polar surface area (TPSA) is 49.9 Å². The molecule has 2 amide bonds. The van der Waals surface area contributed by atoms with Crippen LogP contribution < -0.4 is 4.74 Å². The normalized spacial score (nSPS) is 25.4. The molecule has 0 radical (unpaired) electrons. The maximum absolute atomic E-state index is 12.9. The third kappa shape index (κ3) is 5.06. The number of carbonyl (C=O) groups excluding carboxylic acids is 2. The van der Waals surface area contributed by atoms with Gasteiger partial charge in [0.25, 0.3) is 0 Å². The Kier molecular flexibility index (Phi) is 6.18. The molecule has 1 aromatic carbocycles. The smallest absolute Gasteiger partial charge is 0.223 e. The van der Waals surface area contributed by atoms with E-state index >= 15 is 0 Å². The van der Waals surface area contributed by atoms with Gasteiger partial charge in [-0.15, -0.1) is 0 Å². The van der Waals surface area contributed by atoms with Gasteiger partial charge in [-0.3, -0.25) is 9.59 Å². The van der Waals surface area contributed by atoms with E-state index < -0.39 is 0 Å². The summed E-state index contributed by atoms with van der Waals surface area (Å²) >= 11 is 0. The van der Waals surface area contributed by atoms with Crippen molar-refractivity contribution in [3.8, 4) is 5.75 Å². The SMILES string of the molecule is O=C(C[C@H]1CN(C(=O)CC2CC2)CC[C@@H]1Oc1ccccc1)N1CCCCC1. The molecule has 28 heavy (non-hydrogen) atoms. The van der Waals surface area contributed by atoms with E-state index in [1.165, 1.54) is 19.3 Å². The Hall–Kier alpha value is -2.04. The van der Waals surface area contributed by atoms with Crippen LogP contribution in [0.4, 0.5) is 0 Å². The quantitative estimate of drug-likeness (QED) is 0.754. The Balaban J connectivity index is 1.41. The second-order valence-corrected chi connectivity index (χ2v) is 8.65. The number of nitrogens with zero attached hydrogens (tertiary/aromatic N) is 2. The van der Waals surface area contributed by atoms with Crippen molar-refractivity contribution in [1.29, 1.82) is 0 Å². The van der Waals surface area contributed by atoms with Gasteiger partial charge in [-0.1, -0.05) is 18.2 Å². The summed E-state index contributed by atoms with van der Waals surface area (Å²) in [6.45, 7) is 3.13. The maximum atomic E-state index is 12.9. The summed E-state index contributed by atoms with van der Waals surface area (Å²) in [4.78, 5) is 29.5. The molecular formula is C23H32N2O3. The Morgan fingerprint density at radius 2 is 1.57 bits per heavy atom. The molecule has 4 rings (SSSR count). The highest BCUT2D eigenvalue weighted by atomic mass is 16.5. The summed E-state index contributed by atoms with van der Waals surface area (Å²) in [6.07, 6.45) is 7.74. The summed E-state index contributed by atoms with van der Waals surface area (Å²) < 4.78 is 6.27. The van der Waals surface area contributed by atoms with Crippen molar-refractivity contribution in [3.05, 3.63) is 30.3 Å². The van der Waals surface area contributed by atoms with Gasteiger partial charge in [0, 0.05) is 51.4 Å². The van der Waals surface area contributed by atoms with Crippen LogP contribution in [0, 0.1) is 11.8 Å². The molecule has 2 heterocycles. The number of likely N-dealkylation sites (tertiary alicyclic amines) is 2. The van der Waals surface area contributed by atoms with Gasteiger partial charge in [-0.25, -0.2) is 0 Å². The number of ether oxygens (including phenoxy) is 1. The molecule has 3 aliphatic rings. The second kappa shape index (κ2) is 8.97. The lowest BCUT2D eigenvalue weighted by atomic mass is 9.90. The van der Waals surface area contributed by atoms with Gasteiger partial charge in [0.1, 0.15) is 11.9 Å². The molecule has 0 unspecified atom stereocenters. The Bertz CT molecular complexity index is 668. The second-order valence-electron chi connectivity index (χ2n) is 8.65. The van der Waals surface area contributed by atoms with E-state index in [-0.39, 0.29) is 23.8 Å². The number of amides is 2. The van der Waals surface area contributed by atoms with Crippen LogP contribution in [0.1, 0.15) is 51.4 Å². The Morgan fingerprint density at radius 3 is 2.29 bits per heavy atom. The van der Waals surface area contributed by atoms with E-state index in [4.69, 9.17) is 4.74 Å². The van der Waals surface area contributed by atoms with Crippen LogP contribution in [0.3, 0.4) is 0 Å². The van der Waals surface area contributed by atoms with E-state index in [0.717, 1.165) is 44.6 Å². The van der Waals surface area contributed by atoms with Crippen molar-refractivity contribution in [2.45, 2.75) is 57.5 Å². The molecule has 1 aliphatic carbocycles. The van der Waals surface area contributed by atoms with Crippen LogP contribution >= 0.6 is 0 Å². The highest BCUT2D eigenvalue weighted by Gasteiger charge is 2.36. The van der Waals surface area contributed by atoms with Crippen LogP contribution in [0.5, 0.6) is 5.75 Å². The molecule has 5 nitrogen and oxygen atoms in total. The molecule has 2 atom stereocenters. The van der Waals surface area contributed by atoms with Crippen LogP contribution in [0.25, 0.3) is 0 Å². The first-order chi connectivity index (χ1) is 13.7. The molecule has 0 aromatic heterocycles. The lowest BCUT2D eigenvalue weighted by Crippen LogP contribution is -2.50. The van der Waals surface area contributed by atoms with E-state index in [1.54, 1.807) is 0 Å². The molecule has 5 heteroatoms. The monoisotopic (exact) mass is 384 g/mol. The molecule has 3 fully saturated rings. The zero-order chi connectivity index (χ0) is 19.3. The molecule has 0 N–H and O–H groups in total. The third-order valence-electron chi connectivity index (χ3n) is 6.35. The van der Waals surface area contributed by atoms with Crippen LogP contribution in [0.2, 0.25) is 0 Å². The zero-order valence-electron chi connectivity index (χ0n) is 16.7. The predicted molar refractivity (Wildman–Crippen MR) is 108 cm³/mol. The third-order valence-corrected chi connectivity index (χ3v) is 6.35. The summed E-state index contributed by atoms with van der Waals surface area (Å²) in [6, 6.07) is 9.85. The minimum Gasteiger partial charge on any atom is -0.490 e. The molecular weight excluding hydrogens is 352 g/mol. The number of para-hydroxylation sites is 1. The number of hydrogen-bond acceptors (Lipinski definition) is 3. The lowest BCUT2D eigenvalue weighted by molar-refractivity contribution is -0.139. The molecule has 2 aliphatic heterocycles. The Morgan fingerprint density at radius 1 is 0.857 bits per heavy atom. The fourth-order valence-corrected chi connectivity index (χ4v) is 4.46. The highest BCUT2D eigenvalue weighted by molar-refractivity contribution is 5.78. The van der Waals surface area contributed by atoms with E-state index in [0.29, 0.717) is 25.3 Å². The molecule has 152 valence electrons. The van der Waals surface area contributed by atoms with Gasteiger partial charge in [0.2, 0.25) is 11.8 Å². The fraction of sp³-hybridized carbons (Fsp3) is 0.652. The number of rotatable bonds is 6. The fourth-order valence-electron chi connectivity index (χ4n) is 4.46. The van der Waals surface area contributed by atoms with Gasteiger partial charge < -0.3 is 14.5 Å². The van der Waals surface area contributed by atoms with E-state index in [9.17, 15) is 9.59 Å². The van der Waals surface area contributed by atoms with Crippen molar-refractivity contribution < 1.29 is 14.3 Å². The zero-order valence-corrected chi connectivity index (χ0v) is 16.7. The van der Waals surface area contributed by atoms with E-state index in [1.807, 2.05) is 40.1 Å². The van der Waals surface area contributed by atoms with Crippen LogP contribution in [0.15, 0.2) is 30.3 Å². The average Bonchev–Trinajstić information content (AvgIpc) is 3.54. The number of hydrogen-bond donors (Lipinski definition) is 0. The maximum Gasteiger partial charge on any atom is 0.223 e. The summed E-state index contributed by atoms with van der Waals surface area (Å²) in [5.41, 5.74) is 0. The van der Waals surface area contributed by atoms with Crippen molar-refractivity contribution in [1.82, 2.24) is 9.80 Å². The van der Waals surface area contributed by atoms with Gasteiger partial charge in [0.05, 0.1) is 0 Å². The first-order valence-electron chi connectivity index (χ1n) is 11.0. The number of carbonyl (C=O) groups is 2. The lowest BCUT2D eigenvalue weighted by Gasteiger charge is -2.39. The largest absolute Gasteiger partial charge is 0.490 e.